The second-order valence-corrected chi connectivity index (χ2v) is 7.19. The molecule has 6 nitrogen and oxygen atoms in total. The van der Waals surface area contributed by atoms with Crippen LogP contribution in [0.5, 0.6) is 5.75 Å². The van der Waals surface area contributed by atoms with Gasteiger partial charge in [-0.25, -0.2) is 9.67 Å². The number of nitrogens with zero attached hydrogens (tertiary/aromatic N) is 5. The number of fused-ring (bicyclic) bond motifs is 5. The molecule has 27 heavy (non-hydrogen) atoms. The van der Waals surface area contributed by atoms with Crippen molar-refractivity contribution in [3.05, 3.63) is 82.1 Å². The molecule has 4 aromatic rings. The molecular weight excluding hydrogens is 406 g/mol. The maximum atomic E-state index is 5.44. The van der Waals surface area contributed by atoms with Gasteiger partial charge >= 0.3 is 0 Å². The third kappa shape index (κ3) is 2.66. The first-order chi connectivity index (χ1) is 13.2. The zero-order chi connectivity index (χ0) is 18.4. The van der Waals surface area contributed by atoms with Gasteiger partial charge in [-0.15, -0.1) is 5.10 Å². The summed E-state index contributed by atoms with van der Waals surface area (Å²) in [7, 11) is 1.67. The average Bonchev–Trinajstić information content (AvgIpc) is 3.22. The van der Waals surface area contributed by atoms with Crippen molar-refractivity contribution in [2.45, 2.75) is 12.8 Å². The number of benzene rings is 2. The van der Waals surface area contributed by atoms with Crippen LogP contribution in [0.15, 0.2) is 59.5 Å². The van der Waals surface area contributed by atoms with E-state index < -0.39 is 0 Å². The second-order valence-electron chi connectivity index (χ2n) is 6.44. The van der Waals surface area contributed by atoms with E-state index in [1.165, 1.54) is 5.56 Å². The van der Waals surface area contributed by atoms with Crippen LogP contribution in [-0.2, 0) is 12.8 Å². The summed E-state index contributed by atoms with van der Waals surface area (Å²) in [5.41, 5.74) is 6.25. The van der Waals surface area contributed by atoms with E-state index >= 15 is 0 Å². The minimum atomic E-state index is 0.687. The number of imidazole rings is 1. The highest BCUT2D eigenvalue weighted by Crippen LogP contribution is 2.33. The van der Waals surface area contributed by atoms with Gasteiger partial charge in [0.1, 0.15) is 16.7 Å². The highest BCUT2D eigenvalue weighted by molar-refractivity contribution is 9.10. The standard InChI is InChI=1S/C20H16BrN5O/c1-27-14-7-8-16-18(10-14)26-17(11-19-20(21)22-12-25(16)19)15(23-24-26)9-13-5-3-2-4-6-13/h2-8,10,12H,9,11H2,1H3. The Morgan fingerprint density at radius 1 is 1.07 bits per heavy atom. The molecule has 0 N–H and O–H groups in total. The van der Waals surface area contributed by atoms with E-state index in [1.807, 2.05) is 47.4 Å². The lowest BCUT2D eigenvalue weighted by molar-refractivity contribution is 0.414. The van der Waals surface area contributed by atoms with E-state index in [-0.39, 0.29) is 0 Å². The zero-order valence-corrected chi connectivity index (χ0v) is 16.2. The summed E-state index contributed by atoms with van der Waals surface area (Å²) < 4.78 is 10.3. The van der Waals surface area contributed by atoms with Crippen molar-refractivity contribution in [3.63, 3.8) is 0 Å². The highest BCUT2D eigenvalue weighted by Gasteiger charge is 2.26. The van der Waals surface area contributed by atoms with Crippen molar-refractivity contribution >= 4 is 15.9 Å². The fraction of sp³-hybridized carbons (Fsp3) is 0.150. The molecule has 1 aliphatic rings. The van der Waals surface area contributed by atoms with Crippen molar-refractivity contribution in [1.29, 1.82) is 0 Å². The van der Waals surface area contributed by atoms with Crippen molar-refractivity contribution < 1.29 is 4.74 Å². The first-order valence-corrected chi connectivity index (χ1v) is 9.42. The highest BCUT2D eigenvalue weighted by atomic mass is 79.9. The molecule has 3 heterocycles. The number of halogens is 1. The number of rotatable bonds is 3. The summed E-state index contributed by atoms with van der Waals surface area (Å²) >= 11 is 3.59. The van der Waals surface area contributed by atoms with Crippen molar-refractivity contribution in [3.8, 4) is 17.1 Å². The summed E-state index contributed by atoms with van der Waals surface area (Å²) in [6.45, 7) is 0. The molecule has 0 radical (unpaired) electrons. The number of methoxy groups -OCH3 is 1. The van der Waals surface area contributed by atoms with Crippen LogP contribution in [-0.4, -0.2) is 31.7 Å². The van der Waals surface area contributed by atoms with Gasteiger partial charge in [-0.2, -0.15) is 0 Å². The van der Waals surface area contributed by atoms with Gasteiger partial charge in [0, 0.05) is 18.9 Å². The van der Waals surface area contributed by atoms with Gasteiger partial charge in [-0.1, -0.05) is 35.5 Å². The summed E-state index contributed by atoms with van der Waals surface area (Å²) in [5.74, 6) is 0.780. The fourth-order valence-electron chi connectivity index (χ4n) is 3.51. The van der Waals surface area contributed by atoms with Crippen molar-refractivity contribution in [2.24, 2.45) is 0 Å². The molecule has 0 fully saturated rings. The summed E-state index contributed by atoms with van der Waals surface area (Å²) in [6, 6.07) is 16.3. The topological polar surface area (TPSA) is 57.8 Å². The van der Waals surface area contributed by atoms with Crippen LogP contribution in [0.2, 0.25) is 0 Å². The Morgan fingerprint density at radius 2 is 1.93 bits per heavy atom. The number of aromatic nitrogens is 5. The minimum Gasteiger partial charge on any atom is -0.497 e. The van der Waals surface area contributed by atoms with Crippen LogP contribution in [0.4, 0.5) is 0 Å². The van der Waals surface area contributed by atoms with Crippen LogP contribution in [0.1, 0.15) is 22.6 Å². The molecule has 5 rings (SSSR count). The Kier molecular flexibility index (Phi) is 3.82. The summed E-state index contributed by atoms with van der Waals surface area (Å²) in [6.07, 6.45) is 3.26. The molecule has 0 spiro atoms. The monoisotopic (exact) mass is 421 g/mol. The van der Waals surface area contributed by atoms with Crippen LogP contribution < -0.4 is 4.74 Å². The second kappa shape index (κ2) is 6.35. The van der Waals surface area contributed by atoms with E-state index in [2.05, 4.69) is 47.9 Å². The van der Waals surface area contributed by atoms with Gasteiger partial charge in [-0.3, -0.25) is 4.57 Å². The molecule has 0 bridgehead atoms. The van der Waals surface area contributed by atoms with Crippen LogP contribution >= 0.6 is 15.9 Å². The predicted octanol–water partition coefficient (Wildman–Crippen LogP) is 3.72. The number of hydrogen-bond acceptors (Lipinski definition) is 4. The summed E-state index contributed by atoms with van der Waals surface area (Å²) in [4.78, 5) is 4.45. The molecule has 0 unspecified atom stereocenters. The van der Waals surface area contributed by atoms with Crippen LogP contribution in [0, 0.1) is 0 Å². The molecule has 0 amide bonds. The molecule has 0 atom stereocenters. The molecule has 0 saturated carbocycles. The third-order valence-corrected chi connectivity index (χ3v) is 5.54. The molecule has 7 heteroatoms. The van der Waals surface area contributed by atoms with Gasteiger partial charge in [0.05, 0.1) is 35.6 Å². The minimum absolute atomic E-state index is 0.687. The lowest BCUT2D eigenvalue weighted by atomic mass is 10.1. The molecule has 2 aromatic heterocycles. The maximum absolute atomic E-state index is 5.44. The first-order valence-electron chi connectivity index (χ1n) is 8.62. The Hall–Kier alpha value is -2.93. The number of hydrogen-bond donors (Lipinski definition) is 0. The largest absolute Gasteiger partial charge is 0.497 e. The van der Waals surface area contributed by atoms with Gasteiger partial charge < -0.3 is 4.74 Å². The average molecular weight is 422 g/mol. The molecule has 0 aliphatic carbocycles. The van der Waals surface area contributed by atoms with E-state index in [9.17, 15) is 0 Å². The maximum Gasteiger partial charge on any atom is 0.128 e. The Morgan fingerprint density at radius 3 is 2.74 bits per heavy atom. The molecule has 1 aliphatic heterocycles. The Bertz CT molecular complexity index is 1130. The molecular formula is C20H16BrN5O. The predicted molar refractivity (Wildman–Crippen MR) is 105 cm³/mol. The first kappa shape index (κ1) is 16.3. The number of ether oxygens (including phenoxy) is 1. The Balaban J connectivity index is 1.71. The van der Waals surface area contributed by atoms with Gasteiger partial charge in [0.15, 0.2) is 0 Å². The van der Waals surface area contributed by atoms with Gasteiger partial charge in [0.2, 0.25) is 0 Å². The van der Waals surface area contributed by atoms with E-state index in [4.69, 9.17) is 4.74 Å². The molecule has 0 saturated heterocycles. The van der Waals surface area contributed by atoms with Crippen molar-refractivity contribution in [2.75, 3.05) is 7.11 Å². The SMILES string of the molecule is COc1ccc2c(c1)-n1nnc(Cc3ccccc3)c1Cc1c(Br)ncn1-2. The van der Waals surface area contributed by atoms with Gasteiger partial charge in [-0.05, 0) is 33.6 Å². The van der Waals surface area contributed by atoms with Crippen LogP contribution in [0.25, 0.3) is 11.4 Å². The van der Waals surface area contributed by atoms with E-state index in [0.717, 1.165) is 45.2 Å². The third-order valence-electron chi connectivity index (χ3n) is 4.88. The molecule has 2 aromatic carbocycles. The zero-order valence-electron chi connectivity index (χ0n) is 14.6. The van der Waals surface area contributed by atoms with Crippen molar-refractivity contribution in [1.82, 2.24) is 24.5 Å². The smallest absolute Gasteiger partial charge is 0.128 e. The normalized spacial score (nSPS) is 12.1. The van der Waals surface area contributed by atoms with Gasteiger partial charge in [0.25, 0.3) is 0 Å². The lowest BCUT2D eigenvalue weighted by Gasteiger charge is -2.11. The lowest BCUT2D eigenvalue weighted by Crippen LogP contribution is -2.04. The quantitative estimate of drug-likeness (QED) is 0.445. The van der Waals surface area contributed by atoms with Crippen LogP contribution in [0.3, 0.4) is 0 Å². The Labute approximate surface area is 164 Å². The fourth-order valence-corrected chi connectivity index (χ4v) is 3.93. The van der Waals surface area contributed by atoms with E-state index in [1.54, 1.807) is 7.11 Å². The van der Waals surface area contributed by atoms with E-state index in [0.29, 0.717) is 6.42 Å². The molecule has 134 valence electrons. The summed E-state index contributed by atoms with van der Waals surface area (Å²) in [5, 5.41) is 8.99.